The highest BCUT2D eigenvalue weighted by Gasteiger charge is 2.24. The van der Waals surface area contributed by atoms with E-state index < -0.39 is 5.41 Å². The fourth-order valence-corrected chi connectivity index (χ4v) is 0.693. The molecule has 0 radical (unpaired) electrons. The van der Waals surface area contributed by atoms with Crippen LogP contribution in [-0.4, -0.2) is 18.9 Å². The summed E-state index contributed by atoms with van der Waals surface area (Å²) >= 11 is 0. The third-order valence-electron chi connectivity index (χ3n) is 2.13. The number of ketones is 1. The maximum absolute atomic E-state index is 11.0. The molecule has 3 nitrogen and oxygen atoms in total. The van der Waals surface area contributed by atoms with E-state index in [0.29, 0.717) is 12.8 Å². The van der Waals surface area contributed by atoms with Crippen LogP contribution >= 0.6 is 0 Å². The minimum atomic E-state index is -0.409. The van der Waals surface area contributed by atoms with Gasteiger partial charge in [0.25, 0.3) is 0 Å². The van der Waals surface area contributed by atoms with E-state index >= 15 is 0 Å². The summed E-state index contributed by atoms with van der Waals surface area (Å²) < 4.78 is 4.48. The summed E-state index contributed by atoms with van der Waals surface area (Å²) in [6, 6.07) is 0. The van der Waals surface area contributed by atoms with E-state index in [1.165, 1.54) is 14.0 Å². The van der Waals surface area contributed by atoms with Crippen molar-refractivity contribution in [2.24, 2.45) is 5.41 Å². The average Bonchev–Trinajstić information content (AvgIpc) is 2.00. The predicted octanol–water partition coefficient (Wildman–Crippen LogP) is 1.55. The Morgan fingerprint density at radius 1 is 1.33 bits per heavy atom. The molecule has 0 aliphatic rings. The van der Waals surface area contributed by atoms with E-state index in [2.05, 4.69) is 4.74 Å². The SMILES string of the molecule is COC(=O)CCC(C)(C)C(C)=O. The molecule has 0 unspecified atom stereocenters. The van der Waals surface area contributed by atoms with Crippen LogP contribution < -0.4 is 0 Å². The fraction of sp³-hybridized carbons (Fsp3) is 0.778. The molecule has 0 amide bonds. The molecule has 0 heterocycles. The van der Waals surface area contributed by atoms with Gasteiger partial charge in [0.05, 0.1) is 7.11 Å². The monoisotopic (exact) mass is 172 g/mol. The zero-order valence-corrected chi connectivity index (χ0v) is 8.14. The lowest BCUT2D eigenvalue weighted by Gasteiger charge is -2.19. The Balaban J connectivity index is 3.92. The molecular weight excluding hydrogens is 156 g/mol. The zero-order valence-electron chi connectivity index (χ0n) is 8.14. The summed E-state index contributed by atoms with van der Waals surface area (Å²) in [5, 5.41) is 0. The Morgan fingerprint density at radius 3 is 2.17 bits per heavy atom. The van der Waals surface area contributed by atoms with Crippen LogP contribution in [0.3, 0.4) is 0 Å². The normalized spacial score (nSPS) is 11.0. The molecule has 0 aromatic carbocycles. The number of methoxy groups -OCH3 is 1. The lowest BCUT2D eigenvalue weighted by molar-refractivity contribution is -0.141. The maximum Gasteiger partial charge on any atom is 0.305 e. The highest BCUT2D eigenvalue weighted by atomic mass is 16.5. The van der Waals surface area contributed by atoms with E-state index in [0.717, 1.165) is 0 Å². The van der Waals surface area contributed by atoms with Gasteiger partial charge in [0.1, 0.15) is 5.78 Å². The summed E-state index contributed by atoms with van der Waals surface area (Å²) in [5.74, 6) is -0.157. The predicted molar refractivity (Wildman–Crippen MR) is 45.7 cm³/mol. The molecule has 0 atom stereocenters. The molecule has 0 fully saturated rings. The third-order valence-corrected chi connectivity index (χ3v) is 2.13. The highest BCUT2D eigenvalue weighted by molar-refractivity contribution is 5.82. The van der Waals surface area contributed by atoms with Crippen LogP contribution in [0.2, 0.25) is 0 Å². The molecule has 0 aliphatic heterocycles. The molecule has 0 aliphatic carbocycles. The smallest absolute Gasteiger partial charge is 0.305 e. The van der Waals surface area contributed by atoms with Gasteiger partial charge >= 0.3 is 5.97 Å². The van der Waals surface area contributed by atoms with Gasteiger partial charge in [0.2, 0.25) is 0 Å². The van der Waals surface area contributed by atoms with Gasteiger partial charge in [-0.15, -0.1) is 0 Å². The first kappa shape index (κ1) is 11.1. The molecule has 0 aromatic rings. The van der Waals surface area contributed by atoms with Crippen LogP contribution in [0.4, 0.5) is 0 Å². The molecule has 70 valence electrons. The lowest BCUT2D eigenvalue weighted by Crippen LogP contribution is -2.22. The van der Waals surface area contributed by atoms with Crippen molar-refractivity contribution in [1.29, 1.82) is 0 Å². The number of carbonyl (C=O) groups is 2. The Morgan fingerprint density at radius 2 is 1.83 bits per heavy atom. The van der Waals surface area contributed by atoms with Crippen molar-refractivity contribution < 1.29 is 14.3 Å². The molecule has 0 bridgehead atoms. The van der Waals surface area contributed by atoms with E-state index in [9.17, 15) is 9.59 Å². The largest absolute Gasteiger partial charge is 0.469 e. The molecular formula is C9H16O3. The van der Waals surface area contributed by atoms with Crippen LogP contribution in [0.1, 0.15) is 33.6 Å². The molecule has 0 saturated carbocycles. The highest BCUT2D eigenvalue weighted by Crippen LogP contribution is 2.23. The number of Topliss-reactive ketones (excluding diaryl/α,β-unsaturated/α-hetero) is 1. The van der Waals surface area contributed by atoms with Gasteiger partial charge in [-0.05, 0) is 13.3 Å². The van der Waals surface area contributed by atoms with Gasteiger partial charge in [-0.3, -0.25) is 9.59 Å². The fourth-order valence-electron chi connectivity index (χ4n) is 0.693. The van der Waals surface area contributed by atoms with Crippen LogP contribution in [0.25, 0.3) is 0 Å². The molecule has 0 N–H and O–H groups in total. The second-order valence-corrected chi connectivity index (χ2v) is 3.52. The molecule has 0 rings (SSSR count). The van der Waals surface area contributed by atoms with Crippen molar-refractivity contribution in [2.75, 3.05) is 7.11 Å². The summed E-state index contributed by atoms with van der Waals surface area (Å²) in [6.07, 6.45) is 0.859. The van der Waals surface area contributed by atoms with E-state index in [1.807, 2.05) is 13.8 Å². The van der Waals surface area contributed by atoms with Crippen LogP contribution in [0.5, 0.6) is 0 Å². The Hall–Kier alpha value is -0.860. The van der Waals surface area contributed by atoms with Crippen LogP contribution in [0, 0.1) is 5.41 Å². The van der Waals surface area contributed by atoms with Gasteiger partial charge in [-0.2, -0.15) is 0 Å². The van der Waals surface area contributed by atoms with E-state index in [4.69, 9.17) is 0 Å². The first-order valence-corrected chi connectivity index (χ1v) is 3.98. The second kappa shape index (κ2) is 4.24. The topological polar surface area (TPSA) is 43.4 Å². The lowest BCUT2D eigenvalue weighted by atomic mass is 9.84. The molecule has 0 spiro atoms. The van der Waals surface area contributed by atoms with Gasteiger partial charge in [-0.25, -0.2) is 0 Å². The quantitative estimate of drug-likeness (QED) is 0.604. The molecule has 3 heteroatoms. The zero-order chi connectivity index (χ0) is 9.78. The number of esters is 1. The van der Waals surface area contributed by atoms with Crippen molar-refractivity contribution in [3.63, 3.8) is 0 Å². The van der Waals surface area contributed by atoms with Gasteiger partial charge in [0.15, 0.2) is 0 Å². The number of rotatable bonds is 4. The standard InChI is InChI=1S/C9H16O3/c1-7(10)9(2,3)6-5-8(11)12-4/h5-6H2,1-4H3. The summed E-state index contributed by atoms with van der Waals surface area (Å²) in [5.41, 5.74) is -0.409. The number of hydrogen-bond donors (Lipinski definition) is 0. The second-order valence-electron chi connectivity index (χ2n) is 3.52. The Labute approximate surface area is 73.1 Å². The van der Waals surface area contributed by atoms with Crippen molar-refractivity contribution in [3.05, 3.63) is 0 Å². The summed E-state index contributed by atoms with van der Waals surface area (Å²) in [6.45, 7) is 5.20. The van der Waals surface area contributed by atoms with Crippen LogP contribution in [0.15, 0.2) is 0 Å². The maximum atomic E-state index is 11.0. The minimum Gasteiger partial charge on any atom is -0.469 e. The number of ether oxygens (including phenoxy) is 1. The van der Waals surface area contributed by atoms with Gasteiger partial charge < -0.3 is 4.74 Å². The molecule has 0 aromatic heterocycles. The third kappa shape index (κ3) is 3.51. The molecule has 12 heavy (non-hydrogen) atoms. The first-order valence-electron chi connectivity index (χ1n) is 3.98. The number of hydrogen-bond acceptors (Lipinski definition) is 3. The van der Waals surface area contributed by atoms with Crippen molar-refractivity contribution in [2.45, 2.75) is 33.6 Å². The van der Waals surface area contributed by atoms with Crippen molar-refractivity contribution >= 4 is 11.8 Å². The first-order chi connectivity index (χ1) is 5.40. The Kier molecular flexibility index (Phi) is 3.93. The summed E-state index contributed by atoms with van der Waals surface area (Å²) in [4.78, 5) is 21.8. The molecule has 0 saturated heterocycles. The van der Waals surface area contributed by atoms with Gasteiger partial charge in [-0.1, -0.05) is 13.8 Å². The van der Waals surface area contributed by atoms with Gasteiger partial charge in [0, 0.05) is 11.8 Å². The van der Waals surface area contributed by atoms with Crippen molar-refractivity contribution in [3.8, 4) is 0 Å². The minimum absolute atomic E-state index is 0.103. The van der Waals surface area contributed by atoms with Crippen LogP contribution in [-0.2, 0) is 14.3 Å². The van der Waals surface area contributed by atoms with E-state index in [1.54, 1.807) is 0 Å². The van der Waals surface area contributed by atoms with Crippen molar-refractivity contribution in [1.82, 2.24) is 0 Å². The Bertz CT molecular complexity index is 182. The number of carbonyl (C=O) groups excluding carboxylic acids is 2. The summed E-state index contributed by atoms with van der Waals surface area (Å²) in [7, 11) is 1.35. The average molecular weight is 172 g/mol. The van der Waals surface area contributed by atoms with E-state index in [-0.39, 0.29) is 11.8 Å².